The van der Waals surface area contributed by atoms with Gasteiger partial charge in [-0.1, -0.05) is 41.9 Å². The number of halogens is 1. The van der Waals surface area contributed by atoms with Crippen LogP contribution in [0.25, 0.3) is 0 Å². The summed E-state index contributed by atoms with van der Waals surface area (Å²) in [6, 6.07) is 15.4. The fraction of sp³-hybridized carbons (Fsp3) is 0.294. The van der Waals surface area contributed by atoms with E-state index in [9.17, 15) is 8.42 Å². The first kappa shape index (κ1) is 16.3. The Morgan fingerprint density at radius 2 is 1.96 bits per heavy atom. The van der Waals surface area contributed by atoms with Crippen molar-refractivity contribution >= 4 is 27.3 Å². The van der Waals surface area contributed by atoms with Crippen LogP contribution in [-0.4, -0.2) is 31.6 Å². The van der Waals surface area contributed by atoms with E-state index < -0.39 is 10.0 Å². The van der Waals surface area contributed by atoms with Crippen LogP contribution in [0.3, 0.4) is 0 Å². The van der Waals surface area contributed by atoms with Crippen LogP contribution in [-0.2, 0) is 23.0 Å². The monoisotopic (exact) mass is 350 g/mol. The average molecular weight is 351 g/mol. The molecule has 0 unspecified atom stereocenters. The minimum absolute atomic E-state index is 0.140. The number of hydrogen-bond acceptors (Lipinski definition) is 3. The van der Waals surface area contributed by atoms with Gasteiger partial charge in [-0.2, -0.15) is 4.31 Å². The third kappa shape index (κ3) is 3.86. The van der Waals surface area contributed by atoms with Gasteiger partial charge in [0, 0.05) is 29.8 Å². The summed E-state index contributed by atoms with van der Waals surface area (Å²) in [5.41, 5.74) is 2.97. The first-order chi connectivity index (χ1) is 10.9. The topological polar surface area (TPSA) is 49.4 Å². The number of benzene rings is 2. The zero-order chi connectivity index (χ0) is 16.4. The van der Waals surface area contributed by atoms with E-state index in [2.05, 4.69) is 5.32 Å². The predicted molar refractivity (Wildman–Crippen MR) is 94.3 cm³/mol. The Hall–Kier alpha value is -1.56. The zero-order valence-electron chi connectivity index (χ0n) is 12.9. The molecule has 4 nitrogen and oxygen atoms in total. The van der Waals surface area contributed by atoms with Gasteiger partial charge in [-0.15, -0.1) is 0 Å². The molecule has 6 heteroatoms. The van der Waals surface area contributed by atoms with Gasteiger partial charge in [0.1, 0.15) is 0 Å². The second kappa shape index (κ2) is 6.51. The molecule has 2 aromatic rings. The Morgan fingerprint density at radius 1 is 1.22 bits per heavy atom. The van der Waals surface area contributed by atoms with Crippen molar-refractivity contribution in [2.75, 3.05) is 18.1 Å². The molecule has 0 aliphatic carbocycles. The van der Waals surface area contributed by atoms with Crippen molar-refractivity contribution in [2.24, 2.45) is 0 Å². The highest BCUT2D eigenvalue weighted by atomic mass is 35.5. The Morgan fingerprint density at radius 3 is 2.65 bits per heavy atom. The number of anilines is 1. The minimum Gasteiger partial charge on any atom is -0.383 e. The van der Waals surface area contributed by atoms with E-state index in [1.807, 2.05) is 48.5 Å². The second-order valence-corrected chi connectivity index (χ2v) is 8.21. The molecule has 3 rings (SSSR count). The van der Waals surface area contributed by atoms with Crippen molar-refractivity contribution in [1.82, 2.24) is 4.31 Å². The van der Waals surface area contributed by atoms with Crippen LogP contribution in [0.4, 0.5) is 5.69 Å². The summed E-state index contributed by atoms with van der Waals surface area (Å²) < 4.78 is 26.2. The summed E-state index contributed by atoms with van der Waals surface area (Å²) in [6.45, 7) is 0.899. The van der Waals surface area contributed by atoms with Gasteiger partial charge < -0.3 is 5.32 Å². The quantitative estimate of drug-likeness (QED) is 0.925. The number of hydrogen-bond donors (Lipinski definition) is 1. The Balaban J connectivity index is 1.93. The lowest BCUT2D eigenvalue weighted by atomic mass is 10.1. The highest BCUT2D eigenvalue weighted by Gasteiger charge is 2.30. The second-order valence-electron chi connectivity index (χ2n) is 5.83. The van der Waals surface area contributed by atoms with Crippen LogP contribution in [0.15, 0.2) is 48.5 Å². The van der Waals surface area contributed by atoms with E-state index in [0.717, 1.165) is 16.8 Å². The molecule has 1 aliphatic rings. The average Bonchev–Trinajstić information content (AvgIpc) is 2.68. The normalized spacial score (nSPS) is 18.8. The predicted octanol–water partition coefficient (Wildman–Crippen LogP) is 3.14. The van der Waals surface area contributed by atoms with E-state index >= 15 is 0 Å². The van der Waals surface area contributed by atoms with E-state index in [4.69, 9.17) is 11.6 Å². The molecule has 2 aromatic carbocycles. The first-order valence-corrected chi connectivity index (χ1v) is 9.69. The van der Waals surface area contributed by atoms with Gasteiger partial charge in [-0.25, -0.2) is 8.42 Å². The lowest BCUT2D eigenvalue weighted by Gasteiger charge is -2.27. The number of nitrogens with zero attached hydrogens (tertiary/aromatic N) is 1. The molecule has 122 valence electrons. The van der Waals surface area contributed by atoms with E-state index in [1.165, 1.54) is 6.26 Å². The first-order valence-electron chi connectivity index (χ1n) is 7.46. The van der Waals surface area contributed by atoms with Gasteiger partial charge >= 0.3 is 0 Å². The van der Waals surface area contributed by atoms with Gasteiger partial charge in [0.2, 0.25) is 10.0 Å². The molecule has 0 bridgehead atoms. The van der Waals surface area contributed by atoms with Crippen molar-refractivity contribution in [2.45, 2.75) is 19.0 Å². The molecular formula is C17H19ClN2O2S. The summed E-state index contributed by atoms with van der Waals surface area (Å²) in [7, 11) is -3.32. The van der Waals surface area contributed by atoms with Gasteiger partial charge in [0.05, 0.1) is 6.26 Å². The Kier molecular flexibility index (Phi) is 4.62. The highest BCUT2D eigenvalue weighted by molar-refractivity contribution is 7.88. The summed E-state index contributed by atoms with van der Waals surface area (Å²) in [6.07, 6.45) is 1.93. The van der Waals surface area contributed by atoms with Crippen LogP contribution in [0.2, 0.25) is 5.02 Å². The molecule has 0 fully saturated rings. The number of fused-ring (bicyclic) bond motifs is 1. The lowest BCUT2D eigenvalue weighted by molar-refractivity contribution is 0.328. The smallest absolute Gasteiger partial charge is 0.211 e. The van der Waals surface area contributed by atoms with Gasteiger partial charge in [-0.05, 0) is 35.7 Å². The molecule has 1 heterocycles. The van der Waals surface area contributed by atoms with Gasteiger partial charge in [-0.3, -0.25) is 0 Å². The van der Waals surface area contributed by atoms with Crippen LogP contribution in [0.5, 0.6) is 0 Å². The van der Waals surface area contributed by atoms with Crippen molar-refractivity contribution in [1.29, 1.82) is 0 Å². The third-order valence-electron chi connectivity index (χ3n) is 4.07. The van der Waals surface area contributed by atoms with Crippen molar-refractivity contribution in [3.63, 3.8) is 0 Å². The van der Waals surface area contributed by atoms with Crippen molar-refractivity contribution < 1.29 is 8.42 Å². The lowest BCUT2D eigenvalue weighted by Crippen LogP contribution is -2.42. The van der Waals surface area contributed by atoms with E-state index in [-0.39, 0.29) is 6.04 Å². The zero-order valence-corrected chi connectivity index (χ0v) is 14.4. The molecule has 0 radical (unpaired) electrons. The molecule has 23 heavy (non-hydrogen) atoms. The maximum atomic E-state index is 12.3. The molecule has 0 saturated heterocycles. The molecule has 0 aromatic heterocycles. The largest absolute Gasteiger partial charge is 0.383 e. The fourth-order valence-electron chi connectivity index (χ4n) is 2.94. The number of nitrogens with one attached hydrogen (secondary N) is 1. The van der Waals surface area contributed by atoms with Crippen LogP contribution in [0.1, 0.15) is 11.1 Å². The maximum absolute atomic E-state index is 12.3. The van der Waals surface area contributed by atoms with Crippen LogP contribution in [0, 0.1) is 0 Å². The number of rotatable bonds is 3. The molecule has 1 N–H and O–H groups in total. The molecule has 1 atom stereocenters. The standard InChI is InChI=1S/C17H19ClN2O2S/c1-23(21,22)20-12-14-10-15(18)7-8-17(14)19-11-16(20)9-13-5-3-2-4-6-13/h2-8,10,16,19H,9,11-12H2,1H3/t16-/m1/s1. The van der Waals surface area contributed by atoms with Crippen molar-refractivity contribution in [3.05, 3.63) is 64.7 Å². The SMILES string of the molecule is CS(=O)(=O)N1Cc2cc(Cl)ccc2NC[C@H]1Cc1ccccc1. The fourth-order valence-corrected chi connectivity index (χ4v) is 4.20. The number of sulfonamides is 1. The minimum atomic E-state index is -3.32. The van der Waals surface area contributed by atoms with Crippen LogP contribution >= 0.6 is 11.6 Å². The van der Waals surface area contributed by atoms with Gasteiger partial charge in [0.15, 0.2) is 0 Å². The summed E-state index contributed by atoms with van der Waals surface area (Å²) >= 11 is 6.06. The third-order valence-corrected chi connectivity index (χ3v) is 5.58. The van der Waals surface area contributed by atoms with E-state index in [0.29, 0.717) is 24.5 Å². The van der Waals surface area contributed by atoms with Crippen LogP contribution < -0.4 is 5.32 Å². The molecule has 1 aliphatic heterocycles. The summed E-state index contributed by atoms with van der Waals surface area (Å²) in [5.74, 6) is 0. The summed E-state index contributed by atoms with van der Waals surface area (Å²) in [4.78, 5) is 0. The molecule has 0 saturated carbocycles. The van der Waals surface area contributed by atoms with Gasteiger partial charge in [0.25, 0.3) is 0 Å². The summed E-state index contributed by atoms with van der Waals surface area (Å²) in [5, 5.41) is 3.97. The molecule has 0 amide bonds. The molecular weight excluding hydrogens is 332 g/mol. The highest BCUT2D eigenvalue weighted by Crippen LogP contribution is 2.28. The van der Waals surface area contributed by atoms with Crippen molar-refractivity contribution in [3.8, 4) is 0 Å². The molecule has 0 spiro atoms. The Labute approximate surface area is 142 Å². The maximum Gasteiger partial charge on any atom is 0.211 e. The Bertz CT molecular complexity index is 793. The van der Waals surface area contributed by atoms with E-state index in [1.54, 1.807) is 4.31 Å².